The summed E-state index contributed by atoms with van der Waals surface area (Å²) in [4.78, 5) is 0. The zero-order valence-corrected chi connectivity index (χ0v) is 7.33. The summed E-state index contributed by atoms with van der Waals surface area (Å²) in [6, 6.07) is 0. The number of hydrogen-bond acceptors (Lipinski definition) is 1. The molecular weight excluding hydrogens is 219 g/mol. The van der Waals surface area contributed by atoms with Crippen molar-refractivity contribution >= 4 is 34.4 Å². The van der Waals surface area contributed by atoms with Crippen molar-refractivity contribution in [3.63, 3.8) is 0 Å². The molecule has 1 aliphatic heterocycles. The number of alkyl halides is 1. The Balaban J connectivity index is 2.33. The highest BCUT2D eigenvalue weighted by atomic mass is 127. The summed E-state index contributed by atoms with van der Waals surface area (Å²) in [5.41, 5.74) is 0. The molecule has 1 aliphatic rings. The predicted molar refractivity (Wildman–Crippen MR) is 44.3 cm³/mol. The lowest BCUT2D eigenvalue weighted by molar-refractivity contribution is 0.704. The second kappa shape index (κ2) is 2.58. The molecular formula is C5H9IS. The normalized spacial score (nSPS) is 42.0. The molecule has 0 radical (unpaired) electrons. The molecule has 0 N–H and O–H groups in total. The van der Waals surface area contributed by atoms with Crippen molar-refractivity contribution in [1.82, 2.24) is 0 Å². The van der Waals surface area contributed by atoms with Gasteiger partial charge in [-0.2, -0.15) is 11.8 Å². The molecule has 0 saturated carbocycles. The van der Waals surface area contributed by atoms with E-state index in [1.807, 2.05) is 0 Å². The van der Waals surface area contributed by atoms with Crippen molar-refractivity contribution in [1.29, 1.82) is 0 Å². The van der Waals surface area contributed by atoms with E-state index in [2.05, 4.69) is 41.3 Å². The van der Waals surface area contributed by atoms with Gasteiger partial charge in [0, 0.05) is 9.68 Å². The number of thioether (sulfide) groups is 1. The highest BCUT2D eigenvalue weighted by Gasteiger charge is 2.19. The summed E-state index contributed by atoms with van der Waals surface area (Å²) in [6.45, 7) is 2.33. The second-order valence-corrected chi connectivity index (χ2v) is 4.71. The third-order valence-electron chi connectivity index (χ3n) is 1.28. The van der Waals surface area contributed by atoms with Gasteiger partial charge in [-0.1, -0.05) is 29.5 Å². The molecule has 42 valence electrons. The van der Waals surface area contributed by atoms with Crippen LogP contribution in [0.4, 0.5) is 0 Å². The molecule has 1 rings (SSSR count). The largest absolute Gasteiger partial charge is 0.161 e. The van der Waals surface area contributed by atoms with Gasteiger partial charge in [0.15, 0.2) is 0 Å². The van der Waals surface area contributed by atoms with Crippen LogP contribution in [0.25, 0.3) is 0 Å². The molecule has 0 aliphatic carbocycles. The Hall–Kier alpha value is 1.08. The lowest BCUT2D eigenvalue weighted by atomic mass is 10.2. The van der Waals surface area contributed by atoms with E-state index >= 15 is 0 Å². The molecule has 0 spiro atoms. The lowest BCUT2D eigenvalue weighted by Crippen LogP contribution is -2.04. The number of hydrogen-bond donors (Lipinski definition) is 0. The number of rotatable bonds is 0. The Morgan fingerprint density at radius 1 is 1.57 bits per heavy atom. The Bertz CT molecular complexity index is 57.1. The van der Waals surface area contributed by atoms with Gasteiger partial charge in [0.2, 0.25) is 0 Å². The van der Waals surface area contributed by atoms with Crippen molar-refractivity contribution in [3.05, 3.63) is 0 Å². The summed E-state index contributed by atoms with van der Waals surface area (Å²) in [5, 5.41) is 0. The Labute approximate surface area is 62.6 Å². The Kier molecular flexibility index (Phi) is 2.28. The molecule has 0 nitrogen and oxygen atoms in total. The van der Waals surface area contributed by atoms with E-state index in [0.717, 1.165) is 9.84 Å². The van der Waals surface area contributed by atoms with Crippen LogP contribution in [-0.4, -0.2) is 15.4 Å². The van der Waals surface area contributed by atoms with Gasteiger partial charge in [-0.3, -0.25) is 0 Å². The molecule has 0 bridgehead atoms. The van der Waals surface area contributed by atoms with Gasteiger partial charge < -0.3 is 0 Å². The first-order chi connectivity index (χ1) is 3.30. The molecule has 1 saturated heterocycles. The Morgan fingerprint density at radius 2 is 2.29 bits per heavy atom. The fourth-order valence-corrected chi connectivity index (χ4v) is 3.29. The Morgan fingerprint density at radius 3 is 2.43 bits per heavy atom. The smallest absolute Gasteiger partial charge is 0.0234 e. The minimum Gasteiger partial charge on any atom is -0.161 e. The maximum atomic E-state index is 2.54. The van der Waals surface area contributed by atoms with Gasteiger partial charge in [0.1, 0.15) is 0 Å². The minimum absolute atomic E-state index is 0.947. The fourth-order valence-electron chi connectivity index (χ4n) is 0.635. The molecule has 7 heavy (non-hydrogen) atoms. The van der Waals surface area contributed by atoms with E-state index in [0.29, 0.717) is 0 Å². The van der Waals surface area contributed by atoms with Gasteiger partial charge in [0.25, 0.3) is 0 Å². The molecule has 1 fully saturated rings. The average Bonchev–Trinajstić information content (AvgIpc) is 1.91. The zero-order chi connectivity index (χ0) is 5.28. The van der Waals surface area contributed by atoms with E-state index < -0.39 is 0 Å². The molecule has 1 heterocycles. The van der Waals surface area contributed by atoms with Crippen molar-refractivity contribution in [3.8, 4) is 0 Å². The van der Waals surface area contributed by atoms with E-state index in [1.165, 1.54) is 11.5 Å². The third-order valence-corrected chi connectivity index (χ3v) is 4.90. The first-order valence-corrected chi connectivity index (χ1v) is 4.92. The molecule has 2 atom stereocenters. The number of halogens is 1. The van der Waals surface area contributed by atoms with E-state index in [1.54, 1.807) is 0 Å². The van der Waals surface area contributed by atoms with Gasteiger partial charge >= 0.3 is 0 Å². The summed E-state index contributed by atoms with van der Waals surface area (Å²) in [6.07, 6.45) is 0. The van der Waals surface area contributed by atoms with Gasteiger partial charge in [-0.25, -0.2) is 0 Å². The van der Waals surface area contributed by atoms with Crippen LogP contribution in [0, 0.1) is 5.92 Å². The molecule has 2 heteroatoms. The van der Waals surface area contributed by atoms with E-state index in [-0.39, 0.29) is 0 Å². The molecule has 0 amide bonds. The SMILES string of the molecule is CC1CSCC1I. The van der Waals surface area contributed by atoms with Crippen LogP contribution in [0.15, 0.2) is 0 Å². The molecule has 2 unspecified atom stereocenters. The first kappa shape index (κ1) is 6.20. The molecule has 0 aromatic carbocycles. The maximum Gasteiger partial charge on any atom is 0.0234 e. The monoisotopic (exact) mass is 228 g/mol. The van der Waals surface area contributed by atoms with E-state index in [9.17, 15) is 0 Å². The van der Waals surface area contributed by atoms with Crippen molar-refractivity contribution < 1.29 is 0 Å². The van der Waals surface area contributed by atoms with Crippen LogP contribution >= 0.6 is 34.4 Å². The van der Waals surface area contributed by atoms with Crippen molar-refractivity contribution in [2.24, 2.45) is 5.92 Å². The molecule has 0 aromatic rings. The molecule has 0 aromatic heterocycles. The summed E-state index contributed by atoms with van der Waals surface area (Å²) < 4.78 is 0.947. The van der Waals surface area contributed by atoms with Crippen LogP contribution in [0.5, 0.6) is 0 Å². The summed E-state index contributed by atoms with van der Waals surface area (Å²) in [5.74, 6) is 3.72. The van der Waals surface area contributed by atoms with Crippen LogP contribution in [0.2, 0.25) is 0 Å². The van der Waals surface area contributed by atoms with Gasteiger partial charge in [-0.15, -0.1) is 0 Å². The average molecular weight is 228 g/mol. The quantitative estimate of drug-likeness (QED) is 0.452. The lowest BCUT2D eigenvalue weighted by Gasteiger charge is -2.01. The van der Waals surface area contributed by atoms with Crippen LogP contribution in [0.1, 0.15) is 6.92 Å². The summed E-state index contributed by atoms with van der Waals surface area (Å²) in [7, 11) is 0. The van der Waals surface area contributed by atoms with Crippen LogP contribution in [-0.2, 0) is 0 Å². The highest BCUT2D eigenvalue weighted by Crippen LogP contribution is 2.29. The standard InChI is InChI=1S/C5H9IS/c1-4-2-7-3-5(4)6/h4-5H,2-3H2,1H3. The highest BCUT2D eigenvalue weighted by molar-refractivity contribution is 14.1. The van der Waals surface area contributed by atoms with Crippen LogP contribution < -0.4 is 0 Å². The zero-order valence-electron chi connectivity index (χ0n) is 4.36. The van der Waals surface area contributed by atoms with E-state index in [4.69, 9.17) is 0 Å². The van der Waals surface area contributed by atoms with Crippen molar-refractivity contribution in [2.45, 2.75) is 10.8 Å². The van der Waals surface area contributed by atoms with Crippen LogP contribution in [0.3, 0.4) is 0 Å². The van der Waals surface area contributed by atoms with Crippen molar-refractivity contribution in [2.75, 3.05) is 11.5 Å². The fraction of sp³-hybridized carbons (Fsp3) is 1.00. The van der Waals surface area contributed by atoms with Gasteiger partial charge in [-0.05, 0) is 11.7 Å². The van der Waals surface area contributed by atoms with Gasteiger partial charge in [0.05, 0.1) is 0 Å². The first-order valence-electron chi connectivity index (χ1n) is 2.52. The predicted octanol–water partition coefficient (Wildman–Crippen LogP) is 2.17. The second-order valence-electron chi connectivity index (χ2n) is 2.03. The summed E-state index contributed by atoms with van der Waals surface area (Å²) >= 11 is 4.62. The maximum absolute atomic E-state index is 2.54. The minimum atomic E-state index is 0.947. The topological polar surface area (TPSA) is 0 Å². The third kappa shape index (κ3) is 1.49.